The van der Waals surface area contributed by atoms with Crippen molar-refractivity contribution in [3.8, 4) is 0 Å². The van der Waals surface area contributed by atoms with Gasteiger partial charge in [-0.1, -0.05) is 20.8 Å². The number of hydrogen-bond donors (Lipinski definition) is 3. The number of nitrogens with one attached hydrogen (secondary N) is 2. The van der Waals surface area contributed by atoms with E-state index in [2.05, 4.69) is 10.6 Å². The standard InChI is InChI=1S/C13H23N3O4/c1-8-11(19)14-5-6-16(8)12(20)15-9(7-10(17)18)13(2,3)4/h8-9H,5-7H2,1-4H3,(H,14,19)(H,15,20)(H,17,18). The van der Waals surface area contributed by atoms with Crippen molar-refractivity contribution in [2.75, 3.05) is 13.1 Å². The summed E-state index contributed by atoms with van der Waals surface area (Å²) >= 11 is 0. The maximum Gasteiger partial charge on any atom is 0.318 e. The summed E-state index contributed by atoms with van der Waals surface area (Å²) in [7, 11) is 0. The Kier molecular flexibility index (Phi) is 4.97. The molecule has 0 saturated carbocycles. The summed E-state index contributed by atoms with van der Waals surface area (Å²) in [4.78, 5) is 36.1. The van der Waals surface area contributed by atoms with Crippen molar-refractivity contribution in [3.63, 3.8) is 0 Å². The monoisotopic (exact) mass is 285 g/mol. The maximum absolute atomic E-state index is 12.2. The Morgan fingerprint density at radius 2 is 2.10 bits per heavy atom. The van der Waals surface area contributed by atoms with E-state index in [9.17, 15) is 14.4 Å². The quantitative estimate of drug-likeness (QED) is 0.699. The van der Waals surface area contributed by atoms with Gasteiger partial charge >= 0.3 is 12.0 Å². The van der Waals surface area contributed by atoms with E-state index in [1.54, 1.807) is 6.92 Å². The van der Waals surface area contributed by atoms with Gasteiger partial charge in [-0.3, -0.25) is 9.59 Å². The van der Waals surface area contributed by atoms with E-state index >= 15 is 0 Å². The van der Waals surface area contributed by atoms with Crippen LogP contribution in [0.2, 0.25) is 0 Å². The third-order valence-electron chi connectivity index (χ3n) is 3.48. The summed E-state index contributed by atoms with van der Waals surface area (Å²) in [6.07, 6.45) is -0.149. The second-order valence-electron chi connectivity index (χ2n) is 6.13. The molecule has 3 amide bonds. The molecule has 0 bridgehead atoms. The van der Waals surface area contributed by atoms with Gasteiger partial charge in [-0.05, 0) is 12.3 Å². The fourth-order valence-electron chi connectivity index (χ4n) is 2.04. The van der Waals surface area contributed by atoms with Gasteiger partial charge < -0.3 is 20.6 Å². The minimum Gasteiger partial charge on any atom is -0.481 e. The lowest BCUT2D eigenvalue weighted by molar-refractivity contribution is -0.138. The fraction of sp³-hybridized carbons (Fsp3) is 0.769. The van der Waals surface area contributed by atoms with Crippen LogP contribution < -0.4 is 10.6 Å². The number of rotatable bonds is 3. The molecule has 1 aliphatic rings. The van der Waals surface area contributed by atoms with Crippen LogP contribution in [0.1, 0.15) is 34.1 Å². The lowest BCUT2D eigenvalue weighted by Crippen LogP contribution is -2.60. The first-order valence-corrected chi connectivity index (χ1v) is 6.69. The van der Waals surface area contributed by atoms with Gasteiger partial charge in [-0.2, -0.15) is 0 Å². The van der Waals surface area contributed by atoms with Gasteiger partial charge in [-0.25, -0.2) is 4.79 Å². The van der Waals surface area contributed by atoms with Crippen molar-refractivity contribution in [2.45, 2.75) is 46.2 Å². The molecule has 2 unspecified atom stereocenters. The van der Waals surface area contributed by atoms with Crippen molar-refractivity contribution < 1.29 is 19.5 Å². The van der Waals surface area contributed by atoms with Crippen LogP contribution in [-0.4, -0.2) is 53.1 Å². The molecule has 0 aromatic heterocycles. The topological polar surface area (TPSA) is 98.7 Å². The number of amides is 3. The van der Waals surface area contributed by atoms with Crippen molar-refractivity contribution in [1.82, 2.24) is 15.5 Å². The predicted molar refractivity (Wildman–Crippen MR) is 73.2 cm³/mol. The Balaban J connectivity index is 2.75. The number of nitrogens with zero attached hydrogens (tertiary/aromatic N) is 1. The molecule has 0 radical (unpaired) electrons. The first-order valence-electron chi connectivity index (χ1n) is 6.69. The first kappa shape index (κ1) is 16.3. The average molecular weight is 285 g/mol. The van der Waals surface area contributed by atoms with E-state index in [0.717, 1.165) is 0 Å². The fourth-order valence-corrected chi connectivity index (χ4v) is 2.04. The molecule has 0 aromatic carbocycles. The number of hydrogen-bond acceptors (Lipinski definition) is 3. The predicted octanol–water partition coefficient (Wildman–Crippen LogP) is 0.406. The Bertz CT molecular complexity index is 403. The van der Waals surface area contributed by atoms with Crippen LogP contribution in [0.15, 0.2) is 0 Å². The van der Waals surface area contributed by atoms with Gasteiger partial charge in [0.05, 0.1) is 6.42 Å². The normalized spacial score (nSPS) is 21.1. The second-order valence-corrected chi connectivity index (χ2v) is 6.13. The van der Waals surface area contributed by atoms with Gasteiger partial charge in [0.25, 0.3) is 0 Å². The molecule has 2 atom stereocenters. The molecule has 1 rings (SSSR count). The van der Waals surface area contributed by atoms with Crippen molar-refractivity contribution in [3.05, 3.63) is 0 Å². The summed E-state index contributed by atoms with van der Waals surface area (Å²) in [5.41, 5.74) is -0.380. The molecule has 3 N–H and O–H groups in total. The highest BCUT2D eigenvalue weighted by Crippen LogP contribution is 2.22. The van der Waals surface area contributed by atoms with Gasteiger partial charge in [0, 0.05) is 19.1 Å². The molecule has 0 spiro atoms. The smallest absolute Gasteiger partial charge is 0.318 e. The number of carbonyl (C=O) groups excluding carboxylic acids is 2. The van der Waals surface area contributed by atoms with Crippen molar-refractivity contribution >= 4 is 17.9 Å². The summed E-state index contributed by atoms with van der Waals surface area (Å²) in [5.74, 6) is -1.16. The maximum atomic E-state index is 12.2. The van der Waals surface area contributed by atoms with Gasteiger partial charge in [0.2, 0.25) is 5.91 Å². The van der Waals surface area contributed by atoms with Crippen LogP contribution in [0.4, 0.5) is 4.79 Å². The minimum absolute atomic E-state index is 0.149. The lowest BCUT2D eigenvalue weighted by atomic mass is 9.85. The molecule has 1 aliphatic heterocycles. The molecule has 1 fully saturated rings. The summed E-state index contributed by atoms with van der Waals surface area (Å²) in [5, 5.41) is 14.3. The van der Waals surface area contributed by atoms with Crippen LogP contribution >= 0.6 is 0 Å². The largest absolute Gasteiger partial charge is 0.481 e. The average Bonchev–Trinajstić information content (AvgIpc) is 2.30. The first-order chi connectivity index (χ1) is 9.12. The van der Waals surface area contributed by atoms with E-state index in [1.807, 2.05) is 20.8 Å². The number of urea groups is 1. The van der Waals surface area contributed by atoms with Crippen LogP contribution in [-0.2, 0) is 9.59 Å². The van der Waals surface area contributed by atoms with Gasteiger partial charge in [0.15, 0.2) is 0 Å². The number of aliphatic carboxylic acids is 1. The number of carbonyl (C=O) groups is 3. The minimum atomic E-state index is -0.963. The van der Waals surface area contributed by atoms with Crippen molar-refractivity contribution in [1.29, 1.82) is 0 Å². The van der Waals surface area contributed by atoms with Crippen LogP contribution in [0.3, 0.4) is 0 Å². The van der Waals surface area contributed by atoms with Crippen molar-refractivity contribution in [2.24, 2.45) is 5.41 Å². The molecule has 20 heavy (non-hydrogen) atoms. The Morgan fingerprint density at radius 1 is 1.50 bits per heavy atom. The third kappa shape index (κ3) is 4.11. The Hall–Kier alpha value is -1.79. The van der Waals surface area contributed by atoms with Crippen LogP contribution in [0, 0.1) is 5.41 Å². The Morgan fingerprint density at radius 3 is 2.60 bits per heavy atom. The third-order valence-corrected chi connectivity index (χ3v) is 3.48. The van der Waals surface area contributed by atoms with Crippen LogP contribution in [0.5, 0.6) is 0 Å². The summed E-state index contributed by atoms with van der Waals surface area (Å²) in [6, 6.07) is -1.44. The number of piperazine rings is 1. The lowest BCUT2D eigenvalue weighted by Gasteiger charge is -2.36. The molecule has 0 aliphatic carbocycles. The molecule has 7 nitrogen and oxygen atoms in total. The molecular formula is C13H23N3O4. The van der Waals surface area contributed by atoms with E-state index in [1.165, 1.54) is 4.90 Å². The molecule has 1 heterocycles. The van der Waals surface area contributed by atoms with Gasteiger partial charge in [-0.15, -0.1) is 0 Å². The SMILES string of the molecule is CC1C(=O)NCCN1C(=O)NC(CC(=O)O)C(C)(C)C. The van der Waals surface area contributed by atoms with Gasteiger partial charge in [0.1, 0.15) is 6.04 Å². The second kappa shape index (κ2) is 6.11. The van der Waals surface area contributed by atoms with E-state index in [0.29, 0.717) is 13.1 Å². The summed E-state index contributed by atoms with van der Waals surface area (Å²) < 4.78 is 0. The molecule has 1 saturated heterocycles. The zero-order valence-corrected chi connectivity index (χ0v) is 12.4. The number of carboxylic acid groups (broad SMARTS) is 1. The molecule has 0 aromatic rings. The molecule has 7 heteroatoms. The Labute approximate surface area is 118 Å². The molecule has 114 valence electrons. The van der Waals surface area contributed by atoms with Crippen LogP contribution in [0.25, 0.3) is 0 Å². The van der Waals surface area contributed by atoms with E-state index < -0.39 is 24.1 Å². The van der Waals surface area contributed by atoms with E-state index in [4.69, 9.17) is 5.11 Å². The summed E-state index contributed by atoms with van der Waals surface area (Å²) in [6.45, 7) is 8.09. The zero-order valence-electron chi connectivity index (χ0n) is 12.4. The van der Waals surface area contributed by atoms with E-state index in [-0.39, 0.29) is 17.7 Å². The molecular weight excluding hydrogens is 262 g/mol. The highest BCUT2D eigenvalue weighted by Gasteiger charge is 2.34. The highest BCUT2D eigenvalue weighted by atomic mass is 16.4. The zero-order chi connectivity index (χ0) is 15.5. The highest BCUT2D eigenvalue weighted by molar-refractivity contribution is 5.88. The number of carboxylic acids is 1.